The number of fused-ring (bicyclic) bond motifs is 1. The third kappa shape index (κ3) is 2.48. The van der Waals surface area contributed by atoms with Crippen molar-refractivity contribution in [2.24, 2.45) is 0 Å². The van der Waals surface area contributed by atoms with E-state index in [1.54, 1.807) is 11.3 Å². The molecular weight excluding hydrogens is 294 g/mol. The number of likely N-dealkylation sites (N-methyl/N-ethyl adjacent to an activating group) is 1. The maximum atomic E-state index is 4.75. The number of pyridine rings is 1. The van der Waals surface area contributed by atoms with Crippen LogP contribution in [0.25, 0.3) is 21.9 Å². The molecule has 0 radical (unpaired) electrons. The van der Waals surface area contributed by atoms with E-state index in [2.05, 4.69) is 58.0 Å². The van der Waals surface area contributed by atoms with Crippen molar-refractivity contribution >= 4 is 28.3 Å². The fourth-order valence-corrected chi connectivity index (χ4v) is 3.59. The Kier molecular flexibility index (Phi) is 3.35. The van der Waals surface area contributed by atoms with Gasteiger partial charge in [0.1, 0.15) is 5.82 Å². The molecule has 0 unspecified atom stereocenters. The van der Waals surface area contributed by atoms with Crippen molar-refractivity contribution < 1.29 is 0 Å². The molecule has 0 spiro atoms. The lowest BCUT2D eigenvalue weighted by molar-refractivity contribution is 0.312. The van der Waals surface area contributed by atoms with Crippen LogP contribution >= 0.6 is 11.3 Å². The monoisotopic (exact) mass is 313 g/mol. The number of hydrogen-bond acceptors (Lipinski definition) is 5. The summed E-state index contributed by atoms with van der Waals surface area (Å²) < 4.78 is 0. The standard InChI is InChI=1S/C16H19N5S/c1-11-3-5-13(22-11)16-17-12-4-6-14(18-15(12)19-16)21-9-7-20(2)8-10-21/h3-6H,7-10H2,1-2H3,(H,17,18,19). The number of aromatic amines is 1. The molecule has 0 saturated carbocycles. The van der Waals surface area contributed by atoms with Gasteiger partial charge in [-0.25, -0.2) is 9.97 Å². The summed E-state index contributed by atoms with van der Waals surface area (Å²) in [5.74, 6) is 1.94. The van der Waals surface area contributed by atoms with Crippen LogP contribution in [0.1, 0.15) is 4.88 Å². The van der Waals surface area contributed by atoms with Crippen LogP contribution in [0.2, 0.25) is 0 Å². The van der Waals surface area contributed by atoms with Crippen LogP contribution < -0.4 is 4.90 Å². The Hall–Kier alpha value is -1.92. The molecule has 1 fully saturated rings. The maximum Gasteiger partial charge on any atom is 0.180 e. The second-order valence-electron chi connectivity index (χ2n) is 5.83. The van der Waals surface area contributed by atoms with E-state index in [1.165, 1.54) is 4.88 Å². The zero-order chi connectivity index (χ0) is 15.1. The normalized spacial score (nSPS) is 16.5. The number of hydrogen-bond donors (Lipinski definition) is 1. The molecule has 114 valence electrons. The minimum Gasteiger partial charge on any atom is -0.354 e. The quantitative estimate of drug-likeness (QED) is 0.790. The average molecular weight is 313 g/mol. The second kappa shape index (κ2) is 5.37. The number of nitrogens with one attached hydrogen (secondary N) is 1. The zero-order valence-corrected chi connectivity index (χ0v) is 13.7. The molecular formula is C16H19N5S. The van der Waals surface area contributed by atoms with E-state index < -0.39 is 0 Å². The summed E-state index contributed by atoms with van der Waals surface area (Å²) >= 11 is 1.75. The van der Waals surface area contributed by atoms with Gasteiger partial charge in [0, 0.05) is 31.1 Å². The van der Waals surface area contributed by atoms with E-state index in [4.69, 9.17) is 4.98 Å². The molecule has 1 aliphatic rings. The fraction of sp³-hybridized carbons (Fsp3) is 0.375. The molecule has 0 aliphatic carbocycles. The second-order valence-corrected chi connectivity index (χ2v) is 7.11. The number of aromatic nitrogens is 3. The Morgan fingerprint density at radius 3 is 2.59 bits per heavy atom. The van der Waals surface area contributed by atoms with Gasteiger partial charge >= 0.3 is 0 Å². The topological polar surface area (TPSA) is 48.1 Å². The lowest BCUT2D eigenvalue weighted by Gasteiger charge is -2.33. The first-order valence-corrected chi connectivity index (χ1v) is 8.38. The number of anilines is 1. The van der Waals surface area contributed by atoms with Crippen LogP contribution in [0.3, 0.4) is 0 Å². The van der Waals surface area contributed by atoms with Gasteiger partial charge in [0.2, 0.25) is 0 Å². The molecule has 3 aromatic heterocycles. The largest absolute Gasteiger partial charge is 0.354 e. The lowest BCUT2D eigenvalue weighted by Crippen LogP contribution is -2.44. The Morgan fingerprint density at radius 1 is 1.05 bits per heavy atom. The van der Waals surface area contributed by atoms with E-state index >= 15 is 0 Å². The van der Waals surface area contributed by atoms with Crippen LogP contribution in [-0.4, -0.2) is 53.1 Å². The predicted molar refractivity (Wildman–Crippen MR) is 91.6 cm³/mol. The van der Waals surface area contributed by atoms with Crippen LogP contribution in [-0.2, 0) is 0 Å². The number of imidazole rings is 1. The summed E-state index contributed by atoms with van der Waals surface area (Å²) in [5, 5.41) is 0. The van der Waals surface area contributed by atoms with E-state index in [-0.39, 0.29) is 0 Å². The van der Waals surface area contributed by atoms with Gasteiger partial charge in [-0.15, -0.1) is 11.3 Å². The third-order valence-electron chi connectivity index (χ3n) is 4.13. The van der Waals surface area contributed by atoms with Crippen LogP contribution in [0.5, 0.6) is 0 Å². The molecule has 1 N–H and O–H groups in total. The van der Waals surface area contributed by atoms with Crippen molar-refractivity contribution in [2.75, 3.05) is 38.1 Å². The Labute approximate surface area is 133 Å². The average Bonchev–Trinajstić information content (AvgIpc) is 3.13. The van der Waals surface area contributed by atoms with Crippen molar-refractivity contribution in [3.8, 4) is 10.7 Å². The number of rotatable bonds is 2. The van der Waals surface area contributed by atoms with Crippen LogP contribution in [0, 0.1) is 6.92 Å². The number of aryl methyl sites for hydroxylation is 1. The number of thiophene rings is 1. The van der Waals surface area contributed by atoms with Gasteiger partial charge in [-0.2, -0.15) is 0 Å². The van der Waals surface area contributed by atoms with Crippen LogP contribution in [0.4, 0.5) is 5.82 Å². The van der Waals surface area contributed by atoms with Crippen molar-refractivity contribution in [3.63, 3.8) is 0 Å². The Morgan fingerprint density at radius 2 is 1.86 bits per heavy atom. The summed E-state index contributed by atoms with van der Waals surface area (Å²) in [6.07, 6.45) is 0. The maximum absolute atomic E-state index is 4.75. The lowest BCUT2D eigenvalue weighted by atomic mass is 10.3. The van der Waals surface area contributed by atoms with E-state index in [1.807, 2.05) is 0 Å². The first-order valence-electron chi connectivity index (χ1n) is 7.56. The van der Waals surface area contributed by atoms with Gasteiger partial charge in [0.15, 0.2) is 11.5 Å². The molecule has 22 heavy (non-hydrogen) atoms. The summed E-state index contributed by atoms with van der Waals surface area (Å²) in [5.41, 5.74) is 1.80. The minimum atomic E-state index is 0.803. The highest BCUT2D eigenvalue weighted by Gasteiger charge is 2.16. The molecule has 4 heterocycles. The first-order chi connectivity index (χ1) is 10.7. The van der Waals surface area contributed by atoms with Crippen molar-refractivity contribution in [3.05, 3.63) is 29.1 Å². The summed E-state index contributed by atoms with van der Waals surface area (Å²) in [4.78, 5) is 19.9. The molecule has 6 heteroatoms. The van der Waals surface area contributed by atoms with Gasteiger partial charge < -0.3 is 14.8 Å². The first kappa shape index (κ1) is 13.7. The molecule has 0 amide bonds. The number of H-pyrrole nitrogens is 1. The van der Waals surface area contributed by atoms with E-state index in [0.29, 0.717) is 0 Å². The molecule has 1 aliphatic heterocycles. The number of nitrogens with zero attached hydrogens (tertiary/aromatic N) is 4. The van der Waals surface area contributed by atoms with Gasteiger partial charge in [0.25, 0.3) is 0 Å². The summed E-state index contributed by atoms with van der Waals surface area (Å²) in [7, 11) is 2.16. The Bertz CT molecular complexity index is 798. The highest BCUT2D eigenvalue weighted by atomic mass is 32.1. The molecule has 0 bridgehead atoms. The van der Waals surface area contributed by atoms with Crippen molar-refractivity contribution in [1.82, 2.24) is 19.9 Å². The van der Waals surface area contributed by atoms with Gasteiger partial charge in [-0.3, -0.25) is 0 Å². The minimum absolute atomic E-state index is 0.803. The Balaban J connectivity index is 1.66. The van der Waals surface area contributed by atoms with Gasteiger partial charge in [-0.1, -0.05) is 0 Å². The molecule has 3 aromatic rings. The smallest absolute Gasteiger partial charge is 0.180 e. The van der Waals surface area contributed by atoms with E-state index in [0.717, 1.165) is 53.9 Å². The van der Waals surface area contributed by atoms with Gasteiger partial charge in [-0.05, 0) is 38.2 Å². The molecule has 4 rings (SSSR count). The highest BCUT2D eigenvalue weighted by molar-refractivity contribution is 7.15. The van der Waals surface area contributed by atoms with Crippen molar-refractivity contribution in [2.45, 2.75) is 6.92 Å². The molecule has 0 atom stereocenters. The molecule has 1 saturated heterocycles. The highest BCUT2D eigenvalue weighted by Crippen LogP contribution is 2.27. The van der Waals surface area contributed by atoms with E-state index in [9.17, 15) is 0 Å². The number of piperazine rings is 1. The molecule has 0 aromatic carbocycles. The summed E-state index contributed by atoms with van der Waals surface area (Å²) in [6, 6.07) is 8.41. The zero-order valence-electron chi connectivity index (χ0n) is 12.8. The predicted octanol–water partition coefficient (Wildman–Crippen LogP) is 2.75. The van der Waals surface area contributed by atoms with Gasteiger partial charge in [0.05, 0.1) is 10.4 Å². The summed E-state index contributed by atoms with van der Waals surface area (Å²) in [6.45, 7) is 6.33. The third-order valence-corrected chi connectivity index (χ3v) is 5.14. The fourth-order valence-electron chi connectivity index (χ4n) is 2.77. The molecule has 5 nitrogen and oxygen atoms in total. The SMILES string of the molecule is Cc1ccc(-c2nc3nc(N4CCN(C)CC4)ccc3[nH]2)s1. The van der Waals surface area contributed by atoms with Crippen LogP contribution in [0.15, 0.2) is 24.3 Å². The van der Waals surface area contributed by atoms with Crippen molar-refractivity contribution in [1.29, 1.82) is 0 Å².